The first-order valence-corrected chi connectivity index (χ1v) is 17.6. The Hall–Kier alpha value is -4.19. The zero-order chi connectivity index (χ0) is 34.4. The number of hydrogen-bond donors (Lipinski definition) is 4. The molecule has 3 atom stereocenters. The van der Waals surface area contributed by atoms with Gasteiger partial charge in [0.1, 0.15) is 5.75 Å². The molecular formula is C39H44N2O7S. The third kappa shape index (κ3) is 10.6. The number of nitrogens with one attached hydrogen (secondary N) is 2. The van der Waals surface area contributed by atoms with Crippen LogP contribution in [0.3, 0.4) is 0 Å². The molecule has 258 valence electrons. The molecule has 0 saturated carbocycles. The van der Waals surface area contributed by atoms with Gasteiger partial charge in [-0.15, -0.1) is 11.8 Å². The summed E-state index contributed by atoms with van der Waals surface area (Å²) in [6.07, 6.45) is 2.59. The highest BCUT2D eigenvalue weighted by molar-refractivity contribution is 7.99. The van der Waals surface area contributed by atoms with Crippen LogP contribution < -0.4 is 15.5 Å². The number of methoxy groups -OCH3 is 1. The van der Waals surface area contributed by atoms with Crippen LogP contribution in [-0.4, -0.2) is 41.1 Å². The maximum absolute atomic E-state index is 12.3. The molecule has 5 rings (SSSR count). The number of rotatable bonds is 16. The number of hydrogen-bond acceptors (Lipinski definition) is 8. The summed E-state index contributed by atoms with van der Waals surface area (Å²) in [7, 11) is 1.68. The van der Waals surface area contributed by atoms with Gasteiger partial charge in [0.2, 0.25) is 11.8 Å². The molecule has 0 aliphatic carbocycles. The first-order chi connectivity index (χ1) is 23.9. The number of carbonyl (C=O) groups is 2. The van der Waals surface area contributed by atoms with Crippen molar-refractivity contribution >= 4 is 23.6 Å². The fraction of sp³-hybridized carbons (Fsp3) is 0.333. The Balaban J connectivity index is 1.22. The highest BCUT2D eigenvalue weighted by Crippen LogP contribution is 2.40. The summed E-state index contributed by atoms with van der Waals surface area (Å²) in [5.41, 5.74) is 7.53. The second kappa shape index (κ2) is 18.5. The molecule has 0 unspecified atom stereocenters. The number of ether oxygens (including phenoxy) is 3. The summed E-state index contributed by atoms with van der Waals surface area (Å²) in [4.78, 5) is 24.5. The van der Waals surface area contributed by atoms with Crippen LogP contribution in [0.1, 0.15) is 73.2 Å². The molecule has 49 heavy (non-hydrogen) atoms. The minimum absolute atomic E-state index is 0.00385. The molecule has 4 aromatic rings. The van der Waals surface area contributed by atoms with Crippen LogP contribution >= 0.6 is 11.8 Å². The number of aliphatic hydroxyl groups is 1. The van der Waals surface area contributed by atoms with E-state index in [2.05, 4.69) is 29.6 Å². The molecule has 2 amide bonds. The summed E-state index contributed by atoms with van der Waals surface area (Å²) in [5, 5.41) is 21.1. The first-order valence-electron chi connectivity index (χ1n) is 16.6. The van der Waals surface area contributed by atoms with Crippen LogP contribution in [0.5, 0.6) is 5.75 Å². The van der Waals surface area contributed by atoms with E-state index in [9.17, 15) is 14.7 Å². The van der Waals surface area contributed by atoms with E-state index in [1.54, 1.807) is 24.4 Å². The zero-order valence-electron chi connectivity index (χ0n) is 27.7. The topological polar surface area (TPSA) is 126 Å². The number of aliphatic hydroxyl groups excluding tert-OH is 1. The van der Waals surface area contributed by atoms with Gasteiger partial charge >= 0.3 is 0 Å². The van der Waals surface area contributed by atoms with Gasteiger partial charge in [-0.25, -0.2) is 5.48 Å². The van der Waals surface area contributed by atoms with E-state index >= 15 is 0 Å². The highest BCUT2D eigenvalue weighted by atomic mass is 32.2. The van der Waals surface area contributed by atoms with Crippen LogP contribution in [-0.2, 0) is 32.2 Å². The standard InChI is InChI=1S/C39H44N2O7S/c1-46-34-10-5-6-11-36(34)49-26-33-23-35(30-16-14-27(25-42)15-17-30)48-39(47-33)31-20-18-29(19-21-31)32-9-7-8-28(22-32)24-40-37(43)12-3-2-4-13-38(44)41-45/h5-11,14-22,33,35,39,42,45H,2-4,12-13,23-26H2,1H3,(H,40,43)(H,41,44)/t33-,35+,39+/m1/s1. The van der Waals surface area contributed by atoms with Crippen molar-refractivity contribution in [1.29, 1.82) is 0 Å². The minimum atomic E-state index is -0.554. The monoisotopic (exact) mass is 684 g/mol. The third-order valence-electron chi connectivity index (χ3n) is 8.47. The molecule has 1 saturated heterocycles. The van der Waals surface area contributed by atoms with Crippen molar-refractivity contribution in [3.63, 3.8) is 0 Å². The Morgan fingerprint density at radius 2 is 1.55 bits per heavy atom. The van der Waals surface area contributed by atoms with E-state index in [1.807, 2.05) is 72.8 Å². The number of unbranched alkanes of at least 4 members (excludes halogenated alkanes) is 2. The van der Waals surface area contributed by atoms with Crippen LogP contribution in [0.15, 0.2) is 102 Å². The molecule has 1 fully saturated rings. The Labute approximate surface area is 292 Å². The maximum atomic E-state index is 12.3. The van der Waals surface area contributed by atoms with Gasteiger partial charge in [-0.2, -0.15) is 0 Å². The summed E-state index contributed by atoms with van der Waals surface area (Å²) in [5.74, 6) is 1.13. The maximum Gasteiger partial charge on any atom is 0.243 e. The molecule has 0 radical (unpaired) electrons. The lowest BCUT2D eigenvalue weighted by atomic mass is 9.99. The van der Waals surface area contributed by atoms with Crippen molar-refractivity contribution < 1.29 is 34.1 Å². The van der Waals surface area contributed by atoms with Gasteiger partial charge in [0.25, 0.3) is 0 Å². The van der Waals surface area contributed by atoms with Crippen LogP contribution in [0, 0.1) is 0 Å². The van der Waals surface area contributed by atoms with Crippen molar-refractivity contribution in [2.45, 2.75) is 75.1 Å². The quantitative estimate of drug-likeness (QED) is 0.0421. The molecule has 0 aromatic heterocycles. The predicted molar refractivity (Wildman–Crippen MR) is 189 cm³/mol. The van der Waals surface area contributed by atoms with Gasteiger partial charge in [-0.05, 0) is 58.9 Å². The van der Waals surface area contributed by atoms with Crippen molar-refractivity contribution in [2.75, 3.05) is 12.9 Å². The number of thioether (sulfide) groups is 1. The Morgan fingerprint density at radius 1 is 0.816 bits per heavy atom. The Kier molecular flexibility index (Phi) is 13.7. The van der Waals surface area contributed by atoms with E-state index in [0.29, 0.717) is 32.2 Å². The van der Waals surface area contributed by atoms with Gasteiger partial charge in [-0.1, -0.05) is 85.3 Å². The van der Waals surface area contributed by atoms with Crippen LogP contribution in [0.2, 0.25) is 0 Å². The minimum Gasteiger partial charge on any atom is -0.496 e. The average molecular weight is 685 g/mol. The molecule has 1 heterocycles. The van der Waals surface area contributed by atoms with Gasteiger partial charge in [0, 0.05) is 42.0 Å². The molecule has 0 bridgehead atoms. The number of hydroxylamine groups is 1. The van der Waals surface area contributed by atoms with Gasteiger partial charge in [0.15, 0.2) is 6.29 Å². The number of benzene rings is 4. The van der Waals surface area contributed by atoms with E-state index < -0.39 is 12.2 Å². The lowest BCUT2D eigenvalue weighted by molar-refractivity contribution is -0.245. The van der Waals surface area contributed by atoms with Gasteiger partial charge in [-0.3, -0.25) is 14.8 Å². The SMILES string of the molecule is COc1ccccc1SC[C@H]1C[C@@H](c2ccc(CO)cc2)O[C@@H](c2ccc(-c3cccc(CNC(=O)CCCCCC(=O)NO)c3)cc2)O1. The number of amides is 2. The van der Waals surface area contributed by atoms with Crippen LogP contribution in [0.4, 0.5) is 0 Å². The van der Waals surface area contributed by atoms with Gasteiger partial charge < -0.3 is 24.6 Å². The lowest BCUT2D eigenvalue weighted by Gasteiger charge is -2.36. The van der Waals surface area contributed by atoms with E-state index in [4.69, 9.17) is 19.4 Å². The summed E-state index contributed by atoms with van der Waals surface area (Å²) in [6, 6.07) is 32.2. The number of para-hydroxylation sites is 1. The Morgan fingerprint density at radius 3 is 2.29 bits per heavy atom. The fourth-order valence-electron chi connectivity index (χ4n) is 5.73. The fourth-order valence-corrected chi connectivity index (χ4v) is 6.78. The molecular weight excluding hydrogens is 641 g/mol. The summed E-state index contributed by atoms with van der Waals surface area (Å²) in [6.45, 7) is 0.423. The molecule has 1 aliphatic heterocycles. The molecule has 1 aliphatic rings. The van der Waals surface area contributed by atoms with Crippen molar-refractivity contribution in [2.24, 2.45) is 0 Å². The highest BCUT2D eigenvalue weighted by Gasteiger charge is 2.32. The zero-order valence-corrected chi connectivity index (χ0v) is 28.5. The van der Waals surface area contributed by atoms with Crippen molar-refractivity contribution in [3.05, 3.63) is 119 Å². The van der Waals surface area contributed by atoms with Crippen molar-refractivity contribution in [1.82, 2.24) is 10.8 Å². The lowest BCUT2D eigenvalue weighted by Crippen LogP contribution is -2.31. The smallest absolute Gasteiger partial charge is 0.243 e. The van der Waals surface area contributed by atoms with Crippen molar-refractivity contribution in [3.8, 4) is 16.9 Å². The predicted octanol–water partition coefficient (Wildman–Crippen LogP) is 7.26. The molecule has 9 nitrogen and oxygen atoms in total. The normalized spacial score (nSPS) is 17.3. The Bertz CT molecular complexity index is 1650. The third-order valence-corrected chi connectivity index (χ3v) is 9.66. The second-order valence-electron chi connectivity index (χ2n) is 12.0. The summed E-state index contributed by atoms with van der Waals surface area (Å²) >= 11 is 1.71. The molecule has 0 spiro atoms. The van der Waals surface area contributed by atoms with Crippen LogP contribution in [0.25, 0.3) is 11.1 Å². The molecule has 4 N–H and O–H groups in total. The largest absolute Gasteiger partial charge is 0.496 e. The molecule has 4 aromatic carbocycles. The van der Waals surface area contributed by atoms with E-state index in [-0.39, 0.29) is 31.1 Å². The van der Waals surface area contributed by atoms with Gasteiger partial charge in [0.05, 0.1) is 25.9 Å². The molecule has 10 heteroatoms. The van der Waals surface area contributed by atoms with E-state index in [0.717, 1.165) is 56.2 Å². The second-order valence-corrected chi connectivity index (χ2v) is 13.1. The average Bonchev–Trinajstić information content (AvgIpc) is 3.16. The van der Waals surface area contributed by atoms with E-state index in [1.165, 1.54) is 0 Å². The first kappa shape index (κ1) is 36.1. The number of carbonyl (C=O) groups excluding carboxylic acids is 2. The summed E-state index contributed by atoms with van der Waals surface area (Å²) < 4.78 is 18.7.